The average Bonchev–Trinajstić information content (AvgIpc) is 3.16. The minimum absolute atomic E-state index is 0.241. The van der Waals surface area contributed by atoms with Crippen molar-refractivity contribution in [2.75, 3.05) is 5.32 Å². The zero-order valence-electron chi connectivity index (χ0n) is 12.7. The zero-order valence-corrected chi connectivity index (χ0v) is 12.7. The molecule has 0 fully saturated rings. The Balaban J connectivity index is 1.76. The van der Waals surface area contributed by atoms with Gasteiger partial charge in [0.25, 0.3) is 5.91 Å². The van der Waals surface area contributed by atoms with Crippen molar-refractivity contribution in [3.8, 4) is 0 Å². The molecule has 3 nitrogen and oxygen atoms in total. The summed E-state index contributed by atoms with van der Waals surface area (Å²) in [5, 5.41) is 10.0. The first kappa shape index (κ1) is 13.1. The summed E-state index contributed by atoms with van der Waals surface area (Å²) in [5.74, 6) is 0.0655. The van der Waals surface area contributed by atoms with Crippen molar-refractivity contribution < 1.29 is 9.21 Å². The summed E-state index contributed by atoms with van der Waals surface area (Å²) < 4.78 is 5.18. The number of rotatable bonds is 2. The SMILES string of the molecule is O=C(Nc1ccc2ccc3cccc4ccc1c2c34)c1ccco1. The van der Waals surface area contributed by atoms with E-state index in [2.05, 4.69) is 47.8 Å². The third-order valence-corrected chi connectivity index (χ3v) is 4.52. The summed E-state index contributed by atoms with van der Waals surface area (Å²) in [6.07, 6.45) is 1.50. The van der Waals surface area contributed by atoms with Crippen molar-refractivity contribution in [2.45, 2.75) is 0 Å². The Labute approximate surface area is 137 Å². The maximum atomic E-state index is 12.3. The largest absolute Gasteiger partial charge is 0.459 e. The van der Waals surface area contributed by atoms with Gasteiger partial charge in [0.05, 0.1) is 6.26 Å². The lowest BCUT2D eigenvalue weighted by molar-refractivity contribution is 0.0997. The van der Waals surface area contributed by atoms with Crippen LogP contribution in [0.5, 0.6) is 0 Å². The van der Waals surface area contributed by atoms with Crippen LogP contribution in [0.15, 0.2) is 77.4 Å². The normalized spacial score (nSPS) is 11.5. The second-order valence-corrected chi connectivity index (χ2v) is 5.90. The van der Waals surface area contributed by atoms with Crippen LogP contribution in [0.1, 0.15) is 10.6 Å². The van der Waals surface area contributed by atoms with E-state index < -0.39 is 0 Å². The molecule has 1 N–H and O–H groups in total. The van der Waals surface area contributed by atoms with Gasteiger partial charge >= 0.3 is 0 Å². The highest BCUT2D eigenvalue weighted by molar-refractivity contribution is 6.26. The molecule has 4 aromatic carbocycles. The van der Waals surface area contributed by atoms with E-state index in [1.807, 2.05) is 12.1 Å². The topological polar surface area (TPSA) is 42.2 Å². The summed E-state index contributed by atoms with van der Waals surface area (Å²) in [7, 11) is 0. The Morgan fingerprint density at radius 2 is 1.46 bits per heavy atom. The molecule has 0 unspecified atom stereocenters. The van der Waals surface area contributed by atoms with E-state index in [-0.39, 0.29) is 5.91 Å². The van der Waals surface area contributed by atoms with Gasteiger partial charge < -0.3 is 9.73 Å². The zero-order chi connectivity index (χ0) is 16.1. The van der Waals surface area contributed by atoms with Crippen molar-refractivity contribution in [1.82, 2.24) is 0 Å². The van der Waals surface area contributed by atoms with Crippen LogP contribution in [0.25, 0.3) is 32.3 Å². The van der Waals surface area contributed by atoms with E-state index in [1.165, 1.54) is 33.2 Å². The van der Waals surface area contributed by atoms with Crippen LogP contribution in [0.2, 0.25) is 0 Å². The second-order valence-electron chi connectivity index (χ2n) is 5.90. The third-order valence-electron chi connectivity index (χ3n) is 4.52. The predicted octanol–water partition coefficient (Wildman–Crippen LogP) is 5.43. The van der Waals surface area contributed by atoms with E-state index in [4.69, 9.17) is 4.42 Å². The summed E-state index contributed by atoms with van der Waals surface area (Å²) in [5.41, 5.74) is 0.794. The van der Waals surface area contributed by atoms with Crippen LogP contribution >= 0.6 is 0 Å². The third kappa shape index (κ3) is 1.82. The predicted molar refractivity (Wildman–Crippen MR) is 96.8 cm³/mol. The van der Waals surface area contributed by atoms with Gasteiger partial charge in [0.15, 0.2) is 5.76 Å². The maximum absolute atomic E-state index is 12.3. The van der Waals surface area contributed by atoms with Gasteiger partial charge in [0.1, 0.15) is 0 Å². The number of carbonyl (C=O) groups is 1. The molecule has 1 aromatic heterocycles. The number of carbonyl (C=O) groups excluding carboxylic acids is 1. The van der Waals surface area contributed by atoms with E-state index >= 15 is 0 Å². The Morgan fingerprint density at radius 1 is 0.750 bits per heavy atom. The second kappa shape index (κ2) is 4.83. The minimum Gasteiger partial charge on any atom is -0.459 e. The van der Waals surface area contributed by atoms with Crippen LogP contribution in [0, 0.1) is 0 Å². The molecule has 0 atom stereocenters. The molecule has 114 valence electrons. The highest BCUT2D eigenvalue weighted by Gasteiger charge is 2.14. The molecule has 5 rings (SSSR count). The van der Waals surface area contributed by atoms with E-state index in [9.17, 15) is 4.79 Å². The molecule has 0 aliphatic rings. The highest BCUT2D eigenvalue weighted by atomic mass is 16.3. The molecule has 0 bridgehead atoms. The van der Waals surface area contributed by atoms with Crippen LogP contribution < -0.4 is 5.32 Å². The van der Waals surface area contributed by atoms with Crippen molar-refractivity contribution in [3.63, 3.8) is 0 Å². The van der Waals surface area contributed by atoms with E-state index in [0.717, 1.165) is 11.1 Å². The molecular formula is C21H13NO2. The fourth-order valence-corrected chi connectivity index (χ4v) is 3.44. The number of benzene rings is 4. The van der Waals surface area contributed by atoms with Crippen molar-refractivity contribution in [2.24, 2.45) is 0 Å². The Hall–Kier alpha value is -3.33. The molecular weight excluding hydrogens is 298 g/mol. The van der Waals surface area contributed by atoms with Crippen molar-refractivity contribution >= 4 is 43.9 Å². The van der Waals surface area contributed by atoms with Gasteiger partial charge in [-0.3, -0.25) is 4.79 Å². The Kier molecular flexibility index (Phi) is 2.65. The highest BCUT2D eigenvalue weighted by Crippen LogP contribution is 2.37. The minimum atomic E-state index is -0.241. The molecule has 0 spiro atoms. The van der Waals surface area contributed by atoms with Gasteiger partial charge in [-0.25, -0.2) is 0 Å². The van der Waals surface area contributed by atoms with Crippen LogP contribution in [0.3, 0.4) is 0 Å². The summed E-state index contributed by atoms with van der Waals surface area (Å²) >= 11 is 0. The molecule has 5 aromatic rings. The average molecular weight is 311 g/mol. The van der Waals surface area contributed by atoms with Gasteiger partial charge in [-0.2, -0.15) is 0 Å². The van der Waals surface area contributed by atoms with E-state index in [1.54, 1.807) is 12.1 Å². The van der Waals surface area contributed by atoms with Crippen LogP contribution in [0.4, 0.5) is 5.69 Å². The summed E-state index contributed by atoms with van der Waals surface area (Å²) in [4.78, 5) is 12.3. The fourth-order valence-electron chi connectivity index (χ4n) is 3.44. The van der Waals surface area contributed by atoms with Gasteiger partial charge in [0, 0.05) is 11.1 Å². The number of hydrogen-bond donors (Lipinski definition) is 1. The molecule has 1 amide bonds. The van der Waals surface area contributed by atoms with Crippen molar-refractivity contribution in [1.29, 1.82) is 0 Å². The molecule has 1 heterocycles. The van der Waals surface area contributed by atoms with Crippen LogP contribution in [-0.2, 0) is 0 Å². The monoisotopic (exact) mass is 311 g/mol. The lowest BCUT2D eigenvalue weighted by atomic mass is 9.93. The molecule has 3 heteroatoms. The van der Waals surface area contributed by atoms with Gasteiger partial charge in [-0.15, -0.1) is 0 Å². The molecule has 0 radical (unpaired) electrons. The number of hydrogen-bond acceptors (Lipinski definition) is 2. The molecule has 24 heavy (non-hydrogen) atoms. The lowest BCUT2D eigenvalue weighted by Gasteiger charge is -2.14. The first-order valence-electron chi connectivity index (χ1n) is 7.83. The lowest BCUT2D eigenvalue weighted by Crippen LogP contribution is -2.11. The molecule has 0 aliphatic heterocycles. The number of anilines is 1. The first-order chi connectivity index (χ1) is 11.8. The maximum Gasteiger partial charge on any atom is 0.291 e. The van der Waals surface area contributed by atoms with Gasteiger partial charge in [0.2, 0.25) is 0 Å². The van der Waals surface area contributed by atoms with E-state index in [0.29, 0.717) is 5.76 Å². The number of amides is 1. The Bertz CT molecular complexity index is 1170. The fraction of sp³-hybridized carbons (Fsp3) is 0. The standard InChI is InChI=1S/C21H13NO2/c23-21(18-5-2-12-24-18)22-17-11-9-15-7-6-13-3-1-4-14-8-10-16(17)20(15)19(13)14/h1-12H,(H,22,23). The van der Waals surface area contributed by atoms with Gasteiger partial charge in [-0.05, 0) is 45.1 Å². The first-order valence-corrected chi connectivity index (χ1v) is 7.83. The van der Waals surface area contributed by atoms with Gasteiger partial charge in [-0.1, -0.05) is 48.5 Å². The number of furan rings is 1. The number of nitrogens with one attached hydrogen (secondary N) is 1. The van der Waals surface area contributed by atoms with Crippen LogP contribution in [-0.4, -0.2) is 5.91 Å². The summed E-state index contributed by atoms with van der Waals surface area (Å²) in [6.45, 7) is 0. The molecule has 0 saturated carbocycles. The Morgan fingerprint density at radius 3 is 2.21 bits per heavy atom. The quantitative estimate of drug-likeness (QED) is 0.442. The van der Waals surface area contributed by atoms with Crippen molar-refractivity contribution in [3.05, 3.63) is 78.8 Å². The smallest absolute Gasteiger partial charge is 0.291 e. The molecule has 0 aliphatic carbocycles. The summed E-state index contributed by atoms with van der Waals surface area (Å²) in [6, 6.07) is 22.1. The molecule has 0 saturated heterocycles.